The molecule has 1 aliphatic rings. The molecule has 1 heterocycles. The molecule has 0 radical (unpaired) electrons. The number of rotatable bonds is 5. The zero-order chi connectivity index (χ0) is 19.4. The number of hydrogen-bond donors (Lipinski definition) is 2. The maximum absolute atomic E-state index is 12.8. The third-order valence-electron chi connectivity index (χ3n) is 5.16. The quantitative estimate of drug-likeness (QED) is 0.788. The van der Waals surface area contributed by atoms with Crippen molar-refractivity contribution in [2.75, 3.05) is 7.11 Å². The van der Waals surface area contributed by atoms with Gasteiger partial charge in [0.2, 0.25) is 0 Å². The van der Waals surface area contributed by atoms with Gasteiger partial charge in [-0.15, -0.1) is 0 Å². The van der Waals surface area contributed by atoms with E-state index in [1.54, 1.807) is 17.9 Å². The highest BCUT2D eigenvalue weighted by atomic mass is 16.5. The molecule has 2 N–H and O–H groups in total. The first-order chi connectivity index (χ1) is 12.9. The first-order valence-electron chi connectivity index (χ1n) is 9.22. The number of carboxylic acid groups (broad SMARTS) is 1. The molecule has 0 atom stereocenters. The van der Waals surface area contributed by atoms with Gasteiger partial charge in [-0.3, -0.25) is 4.79 Å². The molecule has 1 fully saturated rings. The Hall–Kier alpha value is -2.83. The van der Waals surface area contributed by atoms with Gasteiger partial charge in [0.1, 0.15) is 11.3 Å². The lowest BCUT2D eigenvalue weighted by molar-refractivity contribution is -0.145. The van der Waals surface area contributed by atoms with Crippen molar-refractivity contribution in [1.82, 2.24) is 15.1 Å². The summed E-state index contributed by atoms with van der Waals surface area (Å²) in [7, 11) is 1.60. The van der Waals surface area contributed by atoms with E-state index in [0.717, 1.165) is 42.8 Å². The molecular weight excluding hydrogens is 346 g/mol. The summed E-state index contributed by atoms with van der Waals surface area (Å²) >= 11 is 0. The largest absolute Gasteiger partial charge is 0.497 e. The van der Waals surface area contributed by atoms with E-state index in [2.05, 4.69) is 10.4 Å². The van der Waals surface area contributed by atoms with Crippen LogP contribution >= 0.6 is 0 Å². The van der Waals surface area contributed by atoms with Crippen molar-refractivity contribution in [1.29, 1.82) is 0 Å². The number of aryl methyl sites for hydroxylation is 1. The average Bonchev–Trinajstić information content (AvgIpc) is 2.89. The van der Waals surface area contributed by atoms with Crippen LogP contribution in [0, 0.1) is 6.92 Å². The van der Waals surface area contributed by atoms with E-state index in [0.29, 0.717) is 12.8 Å². The van der Waals surface area contributed by atoms with Crippen LogP contribution in [0.3, 0.4) is 0 Å². The Morgan fingerprint density at radius 3 is 2.33 bits per heavy atom. The molecule has 0 saturated heterocycles. The molecule has 1 aliphatic carbocycles. The van der Waals surface area contributed by atoms with E-state index in [1.165, 1.54) is 0 Å². The number of benzene rings is 1. The minimum absolute atomic E-state index is 0.216. The first-order valence-corrected chi connectivity index (χ1v) is 9.22. The predicted molar refractivity (Wildman–Crippen MR) is 100 cm³/mol. The second-order valence-corrected chi connectivity index (χ2v) is 7.04. The van der Waals surface area contributed by atoms with Crippen LogP contribution in [-0.4, -0.2) is 39.4 Å². The van der Waals surface area contributed by atoms with Crippen LogP contribution in [0.5, 0.6) is 5.75 Å². The van der Waals surface area contributed by atoms with E-state index < -0.39 is 17.4 Å². The number of aliphatic carboxylic acids is 1. The molecule has 2 aromatic rings. The van der Waals surface area contributed by atoms with Crippen molar-refractivity contribution in [2.45, 2.75) is 51.0 Å². The van der Waals surface area contributed by atoms with Crippen LogP contribution in [0.4, 0.5) is 0 Å². The topological polar surface area (TPSA) is 93.5 Å². The third kappa shape index (κ3) is 3.97. The summed E-state index contributed by atoms with van der Waals surface area (Å²) in [5.74, 6) is -0.683. The Labute approximate surface area is 158 Å². The highest BCUT2D eigenvalue weighted by molar-refractivity contribution is 5.96. The van der Waals surface area contributed by atoms with E-state index in [9.17, 15) is 14.7 Å². The SMILES string of the molecule is COc1ccc(-n2nc(C(=O)NC3(C(=O)O)CCCCCC3)cc2C)cc1. The smallest absolute Gasteiger partial charge is 0.329 e. The summed E-state index contributed by atoms with van der Waals surface area (Å²) in [5.41, 5.74) is 0.601. The zero-order valence-corrected chi connectivity index (χ0v) is 15.7. The van der Waals surface area contributed by atoms with Gasteiger partial charge >= 0.3 is 5.97 Å². The Kier molecular flexibility index (Phi) is 5.48. The fraction of sp³-hybridized carbons (Fsp3) is 0.450. The van der Waals surface area contributed by atoms with Crippen LogP contribution in [0.1, 0.15) is 54.7 Å². The van der Waals surface area contributed by atoms with Gasteiger partial charge in [0.15, 0.2) is 5.69 Å². The first kappa shape index (κ1) is 18.9. The minimum Gasteiger partial charge on any atom is -0.497 e. The fourth-order valence-corrected chi connectivity index (χ4v) is 3.58. The highest BCUT2D eigenvalue weighted by Gasteiger charge is 2.40. The van der Waals surface area contributed by atoms with Gasteiger partial charge in [0.25, 0.3) is 5.91 Å². The van der Waals surface area contributed by atoms with Crippen molar-refractivity contribution in [3.8, 4) is 11.4 Å². The van der Waals surface area contributed by atoms with Crippen LogP contribution in [0.25, 0.3) is 5.69 Å². The van der Waals surface area contributed by atoms with Gasteiger partial charge in [-0.05, 0) is 50.1 Å². The number of aromatic nitrogens is 2. The van der Waals surface area contributed by atoms with Crippen molar-refractivity contribution < 1.29 is 19.4 Å². The van der Waals surface area contributed by atoms with Crippen molar-refractivity contribution in [3.05, 3.63) is 41.7 Å². The van der Waals surface area contributed by atoms with Gasteiger partial charge in [-0.1, -0.05) is 25.7 Å². The second kappa shape index (κ2) is 7.82. The summed E-state index contributed by atoms with van der Waals surface area (Å²) in [6.45, 7) is 1.85. The molecule has 27 heavy (non-hydrogen) atoms. The van der Waals surface area contributed by atoms with Crippen molar-refractivity contribution in [2.24, 2.45) is 0 Å². The number of methoxy groups -OCH3 is 1. The summed E-state index contributed by atoms with van der Waals surface area (Å²) in [4.78, 5) is 24.7. The lowest BCUT2D eigenvalue weighted by Gasteiger charge is -2.28. The minimum atomic E-state index is -1.20. The number of nitrogens with zero attached hydrogens (tertiary/aromatic N) is 2. The molecule has 144 valence electrons. The molecule has 1 saturated carbocycles. The maximum Gasteiger partial charge on any atom is 0.329 e. The lowest BCUT2D eigenvalue weighted by Crippen LogP contribution is -2.54. The van der Waals surface area contributed by atoms with Gasteiger partial charge in [-0.2, -0.15) is 5.10 Å². The Balaban J connectivity index is 1.83. The summed E-state index contributed by atoms with van der Waals surface area (Å²) in [6, 6.07) is 9.02. The third-order valence-corrected chi connectivity index (χ3v) is 5.16. The highest BCUT2D eigenvalue weighted by Crippen LogP contribution is 2.28. The molecule has 1 aromatic carbocycles. The van der Waals surface area contributed by atoms with Crippen LogP contribution in [0.15, 0.2) is 30.3 Å². The fourth-order valence-electron chi connectivity index (χ4n) is 3.58. The monoisotopic (exact) mass is 371 g/mol. The van der Waals surface area contributed by atoms with Crippen LogP contribution < -0.4 is 10.1 Å². The number of ether oxygens (including phenoxy) is 1. The average molecular weight is 371 g/mol. The van der Waals surface area contributed by atoms with Gasteiger partial charge in [0.05, 0.1) is 12.8 Å². The lowest BCUT2D eigenvalue weighted by atomic mass is 9.90. The van der Waals surface area contributed by atoms with Gasteiger partial charge in [0, 0.05) is 5.69 Å². The number of hydrogen-bond acceptors (Lipinski definition) is 4. The van der Waals surface area contributed by atoms with E-state index >= 15 is 0 Å². The molecule has 7 nitrogen and oxygen atoms in total. The molecule has 0 aliphatic heterocycles. The van der Waals surface area contributed by atoms with E-state index in [-0.39, 0.29) is 5.69 Å². The van der Waals surface area contributed by atoms with Crippen LogP contribution in [-0.2, 0) is 4.79 Å². The number of carboxylic acids is 1. The van der Waals surface area contributed by atoms with E-state index in [1.807, 2.05) is 31.2 Å². The predicted octanol–water partition coefficient (Wildman–Crippen LogP) is 3.10. The molecule has 3 rings (SSSR count). The van der Waals surface area contributed by atoms with Crippen molar-refractivity contribution >= 4 is 11.9 Å². The van der Waals surface area contributed by atoms with Gasteiger partial charge < -0.3 is 15.2 Å². The Morgan fingerprint density at radius 1 is 1.15 bits per heavy atom. The molecule has 0 bridgehead atoms. The normalized spacial score (nSPS) is 16.4. The number of amides is 1. The number of carbonyl (C=O) groups is 2. The molecule has 1 amide bonds. The Bertz CT molecular complexity index is 818. The summed E-state index contributed by atoms with van der Waals surface area (Å²) in [6.07, 6.45) is 4.49. The second-order valence-electron chi connectivity index (χ2n) is 7.04. The van der Waals surface area contributed by atoms with Crippen molar-refractivity contribution in [3.63, 3.8) is 0 Å². The van der Waals surface area contributed by atoms with Crippen LogP contribution in [0.2, 0.25) is 0 Å². The molecule has 0 spiro atoms. The zero-order valence-electron chi connectivity index (χ0n) is 15.7. The van der Waals surface area contributed by atoms with E-state index in [4.69, 9.17) is 4.74 Å². The summed E-state index contributed by atoms with van der Waals surface area (Å²) in [5, 5.41) is 16.9. The van der Waals surface area contributed by atoms with Gasteiger partial charge in [-0.25, -0.2) is 9.48 Å². The summed E-state index contributed by atoms with van der Waals surface area (Å²) < 4.78 is 6.82. The standard InChI is InChI=1S/C20H25N3O4/c1-14-13-17(22-23(14)15-7-9-16(27-2)10-8-15)18(24)21-20(19(25)26)11-5-3-4-6-12-20/h7-10,13H,3-6,11-12H2,1-2H3,(H,21,24)(H,25,26). The number of nitrogens with one attached hydrogen (secondary N) is 1. The molecular formula is C20H25N3O4. The molecule has 7 heteroatoms. The molecule has 1 aromatic heterocycles. The Morgan fingerprint density at radius 2 is 1.78 bits per heavy atom. The maximum atomic E-state index is 12.8. The number of carbonyl (C=O) groups excluding carboxylic acids is 1. The molecule has 0 unspecified atom stereocenters.